The van der Waals surface area contributed by atoms with Gasteiger partial charge in [0, 0.05) is 43.9 Å². The van der Waals surface area contributed by atoms with Crippen molar-refractivity contribution in [2.24, 2.45) is 0 Å². The van der Waals surface area contributed by atoms with Crippen LogP contribution in [0, 0.1) is 0 Å². The topological polar surface area (TPSA) is 342 Å². The molecular weight excluding hydrogens is 774 g/mol. The zero-order valence-corrected chi connectivity index (χ0v) is 32.5. The fourth-order valence-electron chi connectivity index (χ4n) is 7.09. The molecule has 57 heavy (non-hydrogen) atoms. The summed E-state index contributed by atoms with van der Waals surface area (Å²) in [7, 11) is 0. The fraction of sp³-hybridized carbons (Fsp3) is 0.629. The lowest BCUT2D eigenvalue weighted by Gasteiger charge is -2.41. The number of hydrogen-bond donors (Lipinski definition) is 13. The molecule has 0 bridgehead atoms. The zero-order chi connectivity index (χ0) is 42.3. The van der Waals surface area contributed by atoms with Crippen molar-refractivity contribution in [2.75, 3.05) is 50.9 Å². The molecule has 22 heteroatoms. The Morgan fingerprint density at radius 2 is 1.42 bits per heavy atom. The molecular formula is C35H55ClN9O12+. The third-order valence-corrected chi connectivity index (χ3v) is 10.6. The van der Waals surface area contributed by atoms with Gasteiger partial charge in [-0.15, -0.1) is 0 Å². The normalized spacial score (nSPS) is 18.2. The second kappa shape index (κ2) is 20.2. The van der Waals surface area contributed by atoms with E-state index in [1.54, 1.807) is 17.0 Å². The quantitative estimate of drug-likeness (QED) is 0.0505. The lowest BCUT2D eigenvalue weighted by molar-refractivity contribution is -0.676. The number of nitrogens with zero attached hydrogens (tertiary/aromatic N) is 6. The van der Waals surface area contributed by atoms with Crippen LogP contribution in [0.25, 0.3) is 11.0 Å². The Morgan fingerprint density at radius 3 is 1.93 bits per heavy atom. The molecule has 15 N–H and O–H groups in total. The van der Waals surface area contributed by atoms with Crippen LogP contribution in [0.15, 0.2) is 18.2 Å². The van der Waals surface area contributed by atoms with Gasteiger partial charge in [0.15, 0.2) is 33.5 Å². The Kier molecular flexibility index (Phi) is 16.3. The van der Waals surface area contributed by atoms with Crippen LogP contribution in [0.1, 0.15) is 53.4 Å². The molecule has 0 saturated carbocycles. The molecule has 2 amide bonds. The van der Waals surface area contributed by atoms with Gasteiger partial charge in [-0.2, -0.15) is 0 Å². The van der Waals surface area contributed by atoms with Crippen LogP contribution in [0.4, 0.5) is 11.6 Å². The highest BCUT2D eigenvalue weighted by Gasteiger charge is 2.38. The smallest absolute Gasteiger partial charge is 0.277 e. The molecule has 1 aliphatic heterocycles. The summed E-state index contributed by atoms with van der Waals surface area (Å²) in [5.41, 5.74) is 13.3. The van der Waals surface area contributed by atoms with E-state index in [0.717, 1.165) is 16.9 Å². The van der Waals surface area contributed by atoms with Crippen LogP contribution >= 0.6 is 11.6 Å². The molecule has 3 heterocycles. The number of halogens is 1. The number of benzene rings is 1. The Balaban J connectivity index is 1.51. The van der Waals surface area contributed by atoms with Crippen molar-refractivity contribution in [2.45, 2.75) is 101 Å². The Hall–Kier alpha value is -3.84. The second-order valence-electron chi connectivity index (χ2n) is 14.0. The predicted molar refractivity (Wildman–Crippen MR) is 203 cm³/mol. The molecule has 8 atom stereocenters. The fourth-order valence-corrected chi connectivity index (χ4v) is 7.21. The highest BCUT2D eigenvalue weighted by atomic mass is 35.5. The number of carbonyl (C=O) groups excluding carboxylic acids is 2. The molecule has 3 aromatic rings. The maximum absolute atomic E-state index is 13.9. The first kappa shape index (κ1) is 45.9. The number of rotatable bonds is 19. The summed E-state index contributed by atoms with van der Waals surface area (Å²) < 4.78 is 3.97. The summed E-state index contributed by atoms with van der Waals surface area (Å²) >= 11 is 5.96. The maximum Gasteiger partial charge on any atom is 0.277 e. The minimum absolute atomic E-state index is 0.0744. The van der Waals surface area contributed by atoms with E-state index in [9.17, 15) is 60.7 Å². The van der Waals surface area contributed by atoms with E-state index in [1.807, 2.05) is 29.0 Å². The third-order valence-electron chi connectivity index (χ3n) is 10.3. The highest BCUT2D eigenvalue weighted by Crippen LogP contribution is 2.24. The number of nitrogens with one attached hydrogen (secondary N) is 1. The van der Waals surface area contributed by atoms with E-state index in [4.69, 9.17) is 23.1 Å². The standard InChI is InChI=1S/C35H54ClN9O12/c1-3-44-19-6-5-17(11-20(19)45(4-2)25(44)12-39-34(56)26-32(37)41-33(38)31(36)40-26)35(57)42-9-7-18(8-10-42)43(13-21(48)27(52)29(54)23(50)15-46)14-22(49)28(53)30(55)24(51)16-47/h5-6,11,18,21-24,27-30,46-55H,3-4,7-10,12-16H2,1-2H3,(H4-,37,38,39,41,56)/p+1. The lowest BCUT2D eigenvalue weighted by atomic mass is 9.97. The summed E-state index contributed by atoms with van der Waals surface area (Å²) in [5.74, 6) is -0.424. The van der Waals surface area contributed by atoms with Gasteiger partial charge in [0.2, 0.25) is 0 Å². The summed E-state index contributed by atoms with van der Waals surface area (Å²) in [6.45, 7) is 2.83. The van der Waals surface area contributed by atoms with Gasteiger partial charge in [-0.25, -0.2) is 19.1 Å². The molecule has 4 rings (SSSR count). The minimum atomic E-state index is -1.92. The third kappa shape index (κ3) is 10.4. The van der Waals surface area contributed by atoms with Crippen LogP contribution < -0.4 is 21.4 Å². The number of aryl methyl sites for hydroxylation is 2. The monoisotopic (exact) mass is 828 g/mol. The molecule has 0 spiro atoms. The number of aliphatic hydroxyl groups excluding tert-OH is 10. The van der Waals surface area contributed by atoms with E-state index in [-0.39, 0.29) is 48.0 Å². The van der Waals surface area contributed by atoms with Crippen LogP contribution in [-0.4, -0.2) is 181 Å². The largest absolute Gasteiger partial charge is 0.394 e. The number of nitrogens with two attached hydrogens (primary N) is 2. The lowest BCUT2D eigenvalue weighted by Crippen LogP contribution is -2.56. The van der Waals surface area contributed by atoms with Gasteiger partial charge in [0.05, 0.1) is 38.5 Å². The number of nitrogen functional groups attached to an aromatic ring is 2. The van der Waals surface area contributed by atoms with Crippen LogP contribution in [-0.2, 0) is 19.6 Å². The molecule has 1 aliphatic rings. The van der Waals surface area contributed by atoms with Crippen molar-refractivity contribution in [3.8, 4) is 0 Å². The highest BCUT2D eigenvalue weighted by molar-refractivity contribution is 6.31. The van der Waals surface area contributed by atoms with Crippen molar-refractivity contribution < 1.29 is 65.2 Å². The summed E-state index contributed by atoms with van der Waals surface area (Å²) in [4.78, 5) is 37.9. The van der Waals surface area contributed by atoms with Crippen molar-refractivity contribution >= 4 is 46.1 Å². The molecule has 0 aliphatic carbocycles. The minimum Gasteiger partial charge on any atom is -0.394 e. The molecule has 0 radical (unpaired) electrons. The van der Waals surface area contributed by atoms with Gasteiger partial charge >= 0.3 is 0 Å². The van der Waals surface area contributed by atoms with Crippen LogP contribution in [0.3, 0.4) is 0 Å². The first-order valence-corrected chi connectivity index (χ1v) is 19.0. The van der Waals surface area contributed by atoms with Gasteiger partial charge < -0.3 is 72.7 Å². The van der Waals surface area contributed by atoms with Crippen molar-refractivity contribution in [3.05, 3.63) is 40.4 Å². The SMILES string of the molecule is CCn1c(CNC(=O)c2nc(Cl)c(N)nc2N)[n+](CC)c2ccc(C(=O)N3CCC(N(CC(O)C(O)C(O)C(O)CO)CC(O)C(O)C(O)C(O)CO)CC3)cc21. The average Bonchev–Trinajstić information content (AvgIpc) is 3.53. The van der Waals surface area contributed by atoms with Crippen molar-refractivity contribution in [1.29, 1.82) is 0 Å². The zero-order valence-electron chi connectivity index (χ0n) is 31.7. The molecule has 8 unspecified atom stereocenters. The average molecular weight is 829 g/mol. The Morgan fingerprint density at radius 1 is 0.877 bits per heavy atom. The Bertz CT molecular complexity index is 1800. The molecule has 318 valence electrons. The first-order valence-electron chi connectivity index (χ1n) is 18.6. The van der Waals surface area contributed by atoms with Crippen LogP contribution in [0.5, 0.6) is 0 Å². The number of aromatic nitrogens is 4. The van der Waals surface area contributed by atoms with E-state index in [2.05, 4.69) is 15.3 Å². The number of anilines is 2. The number of amides is 2. The molecule has 2 aromatic heterocycles. The molecule has 21 nitrogen and oxygen atoms in total. The summed E-state index contributed by atoms with van der Waals surface area (Å²) in [6, 6.07) is 4.83. The molecule has 1 fully saturated rings. The summed E-state index contributed by atoms with van der Waals surface area (Å²) in [6.07, 6.45) is -14.0. The van der Waals surface area contributed by atoms with Gasteiger partial charge in [-0.3, -0.25) is 14.5 Å². The molecule has 1 aromatic carbocycles. The van der Waals surface area contributed by atoms with E-state index in [1.165, 1.54) is 4.90 Å². The number of imidazole rings is 1. The van der Waals surface area contributed by atoms with Crippen LogP contribution in [0.2, 0.25) is 5.15 Å². The van der Waals surface area contributed by atoms with E-state index in [0.29, 0.717) is 31.5 Å². The van der Waals surface area contributed by atoms with Gasteiger partial charge in [-0.05, 0) is 38.8 Å². The number of likely N-dealkylation sites (tertiary alicyclic amines) is 1. The number of fused-ring (bicyclic) bond motifs is 1. The number of aliphatic hydroxyl groups is 10. The van der Waals surface area contributed by atoms with E-state index < -0.39 is 87.1 Å². The van der Waals surface area contributed by atoms with Gasteiger partial charge in [0.25, 0.3) is 17.6 Å². The van der Waals surface area contributed by atoms with Crippen molar-refractivity contribution in [3.63, 3.8) is 0 Å². The first-order chi connectivity index (χ1) is 27.0. The maximum atomic E-state index is 13.9. The number of hydrogen-bond acceptors (Lipinski definition) is 17. The van der Waals surface area contributed by atoms with Gasteiger partial charge in [0.1, 0.15) is 43.2 Å². The second-order valence-corrected chi connectivity index (χ2v) is 14.4. The molecule has 1 saturated heterocycles. The van der Waals surface area contributed by atoms with Gasteiger partial charge in [-0.1, -0.05) is 11.6 Å². The summed E-state index contributed by atoms with van der Waals surface area (Å²) in [5, 5.41) is 103. The number of piperidine rings is 1. The predicted octanol–water partition coefficient (Wildman–Crippen LogP) is -4.72. The number of carbonyl (C=O) groups is 2. The van der Waals surface area contributed by atoms with Crippen molar-refractivity contribution in [1.82, 2.24) is 29.7 Å². The Labute approximate surface area is 333 Å². The van der Waals surface area contributed by atoms with E-state index >= 15 is 0 Å².